The molecule has 0 atom stereocenters. The van der Waals surface area contributed by atoms with Crippen LogP contribution in [-0.4, -0.2) is 56.7 Å². The average molecular weight is 375 g/mol. The molecule has 0 N–H and O–H groups in total. The van der Waals surface area contributed by atoms with E-state index in [0.717, 1.165) is 19.6 Å². The van der Waals surface area contributed by atoms with Crippen LogP contribution in [0.15, 0.2) is 71.8 Å². The van der Waals surface area contributed by atoms with Crippen molar-refractivity contribution in [1.29, 1.82) is 0 Å². The van der Waals surface area contributed by atoms with Gasteiger partial charge in [0.15, 0.2) is 0 Å². The van der Waals surface area contributed by atoms with Gasteiger partial charge in [-0.2, -0.15) is 9.78 Å². The summed E-state index contributed by atoms with van der Waals surface area (Å²) in [6, 6.07) is 16.0. The molecule has 4 rings (SSSR count). The van der Waals surface area contributed by atoms with Crippen LogP contribution in [0.5, 0.6) is 0 Å². The van der Waals surface area contributed by atoms with E-state index in [2.05, 4.69) is 21.0 Å². The van der Waals surface area contributed by atoms with Crippen molar-refractivity contribution in [3.05, 3.63) is 88.6 Å². The maximum absolute atomic E-state index is 12.9. The van der Waals surface area contributed by atoms with E-state index in [-0.39, 0.29) is 17.2 Å². The second-order valence-corrected chi connectivity index (χ2v) is 6.73. The third kappa shape index (κ3) is 3.99. The first-order valence-corrected chi connectivity index (χ1v) is 9.27. The second kappa shape index (κ2) is 8.14. The van der Waals surface area contributed by atoms with Gasteiger partial charge in [-0.3, -0.25) is 19.5 Å². The highest BCUT2D eigenvalue weighted by Crippen LogP contribution is 2.10. The van der Waals surface area contributed by atoms with E-state index in [1.54, 1.807) is 23.2 Å². The zero-order valence-corrected chi connectivity index (χ0v) is 15.4. The number of aromatic nitrogens is 3. The van der Waals surface area contributed by atoms with Crippen molar-refractivity contribution < 1.29 is 4.79 Å². The van der Waals surface area contributed by atoms with E-state index in [4.69, 9.17) is 0 Å². The first-order valence-electron chi connectivity index (χ1n) is 9.27. The van der Waals surface area contributed by atoms with Crippen molar-refractivity contribution in [3.63, 3.8) is 0 Å². The van der Waals surface area contributed by atoms with Crippen molar-refractivity contribution in [2.75, 3.05) is 26.2 Å². The van der Waals surface area contributed by atoms with Crippen molar-refractivity contribution in [1.82, 2.24) is 24.6 Å². The molecule has 7 nitrogen and oxygen atoms in total. The van der Waals surface area contributed by atoms with E-state index in [1.807, 2.05) is 30.5 Å². The molecule has 0 radical (unpaired) electrons. The van der Waals surface area contributed by atoms with Gasteiger partial charge < -0.3 is 4.90 Å². The molecule has 2 aromatic heterocycles. The van der Waals surface area contributed by atoms with Crippen LogP contribution in [0.3, 0.4) is 0 Å². The van der Waals surface area contributed by atoms with Gasteiger partial charge in [-0.25, -0.2) is 0 Å². The molecule has 0 spiro atoms. The van der Waals surface area contributed by atoms with E-state index in [9.17, 15) is 9.59 Å². The Morgan fingerprint density at radius 2 is 1.71 bits per heavy atom. The lowest BCUT2D eigenvalue weighted by Crippen LogP contribution is -2.48. The second-order valence-electron chi connectivity index (χ2n) is 6.73. The molecular weight excluding hydrogens is 354 g/mol. The molecule has 142 valence electrons. The summed E-state index contributed by atoms with van der Waals surface area (Å²) in [5, 5.41) is 4.30. The number of rotatable bonds is 4. The number of hydrogen-bond donors (Lipinski definition) is 0. The topological polar surface area (TPSA) is 71.3 Å². The van der Waals surface area contributed by atoms with Gasteiger partial charge in [0.25, 0.3) is 11.5 Å². The van der Waals surface area contributed by atoms with Gasteiger partial charge in [0.05, 0.1) is 5.69 Å². The van der Waals surface area contributed by atoms with E-state index in [1.165, 1.54) is 22.4 Å². The van der Waals surface area contributed by atoms with Crippen LogP contribution in [0.1, 0.15) is 16.1 Å². The molecule has 0 bridgehead atoms. The number of pyridine rings is 1. The average Bonchev–Trinajstić information content (AvgIpc) is 2.75. The van der Waals surface area contributed by atoms with E-state index in [0.29, 0.717) is 18.8 Å². The fraction of sp³-hybridized carbons (Fsp3) is 0.238. The quantitative estimate of drug-likeness (QED) is 0.693. The molecule has 1 amide bonds. The van der Waals surface area contributed by atoms with Crippen LogP contribution in [0.2, 0.25) is 0 Å². The Balaban J connectivity index is 1.44. The number of hydrogen-bond acceptors (Lipinski definition) is 5. The molecule has 1 aliphatic rings. The van der Waals surface area contributed by atoms with E-state index >= 15 is 0 Å². The minimum Gasteiger partial charge on any atom is -0.335 e. The SMILES string of the molecule is O=C(c1ccc(=O)n(-c2ccccc2)n1)N1CCN(Cc2cccnc2)CC1. The third-order valence-corrected chi connectivity index (χ3v) is 4.81. The molecule has 28 heavy (non-hydrogen) atoms. The Morgan fingerprint density at radius 3 is 2.43 bits per heavy atom. The molecule has 3 aromatic rings. The number of nitrogens with zero attached hydrogens (tertiary/aromatic N) is 5. The number of amides is 1. The summed E-state index contributed by atoms with van der Waals surface area (Å²) in [5.41, 5.74) is 1.83. The molecular formula is C21H21N5O2. The number of para-hydroxylation sites is 1. The van der Waals surface area contributed by atoms with Crippen molar-refractivity contribution >= 4 is 5.91 Å². The monoisotopic (exact) mass is 375 g/mol. The maximum Gasteiger partial charge on any atom is 0.274 e. The summed E-state index contributed by atoms with van der Waals surface area (Å²) in [6.07, 6.45) is 3.64. The highest BCUT2D eigenvalue weighted by atomic mass is 16.2. The summed E-state index contributed by atoms with van der Waals surface area (Å²) in [6.45, 7) is 3.67. The normalized spacial score (nSPS) is 14.8. The Kier molecular flexibility index (Phi) is 5.25. The zero-order chi connectivity index (χ0) is 19.3. The zero-order valence-electron chi connectivity index (χ0n) is 15.4. The maximum atomic E-state index is 12.9. The Hall–Kier alpha value is -3.32. The molecule has 0 saturated carbocycles. The lowest BCUT2D eigenvalue weighted by molar-refractivity contribution is 0.0620. The number of piperazine rings is 1. The van der Waals surface area contributed by atoms with Gasteiger partial charge in [-0.15, -0.1) is 0 Å². The molecule has 7 heteroatoms. The summed E-state index contributed by atoms with van der Waals surface area (Å²) in [4.78, 5) is 33.3. The first kappa shape index (κ1) is 18.1. The third-order valence-electron chi connectivity index (χ3n) is 4.81. The molecule has 3 heterocycles. The first-order chi connectivity index (χ1) is 13.7. The Labute approximate surface area is 162 Å². The summed E-state index contributed by atoms with van der Waals surface area (Å²) in [7, 11) is 0. The van der Waals surface area contributed by atoms with Gasteiger partial charge in [0.2, 0.25) is 0 Å². The van der Waals surface area contributed by atoms with Crippen molar-refractivity contribution in [2.45, 2.75) is 6.54 Å². The molecule has 0 unspecified atom stereocenters. The number of carbonyl (C=O) groups is 1. The summed E-state index contributed by atoms with van der Waals surface area (Å²) in [5.74, 6) is -0.147. The van der Waals surface area contributed by atoms with Crippen molar-refractivity contribution in [2.24, 2.45) is 0 Å². The Morgan fingerprint density at radius 1 is 0.929 bits per heavy atom. The minimum atomic E-state index is -0.260. The van der Waals surface area contributed by atoms with Crippen LogP contribution in [0.4, 0.5) is 0 Å². The van der Waals surface area contributed by atoms with Gasteiger partial charge in [0, 0.05) is 51.2 Å². The van der Waals surface area contributed by atoms with Gasteiger partial charge >= 0.3 is 0 Å². The molecule has 0 aliphatic carbocycles. The minimum absolute atomic E-state index is 0.147. The molecule has 1 fully saturated rings. The standard InChI is InChI=1S/C21H21N5O2/c27-20-9-8-19(23-26(20)18-6-2-1-3-7-18)21(28)25-13-11-24(12-14-25)16-17-5-4-10-22-15-17/h1-10,15H,11-14,16H2. The van der Waals surface area contributed by atoms with Crippen LogP contribution in [0.25, 0.3) is 5.69 Å². The Bertz CT molecular complexity index is 996. The highest BCUT2D eigenvalue weighted by Gasteiger charge is 2.23. The lowest BCUT2D eigenvalue weighted by Gasteiger charge is -2.34. The molecule has 1 aliphatic heterocycles. The predicted octanol–water partition coefficient (Wildman–Crippen LogP) is 1.59. The molecule has 1 aromatic carbocycles. The lowest BCUT2D eigenvalue weighted by atomic mass is 10.2. The number of carbonyl (C=O) groups excluding carboxylic acids is 1. The van der Waals surface area contributed by atoms with Crippen LogP contribution in [-0.2, 0) is 6.54 Å². The molecule has 1 saturated heterocycles. The van der Waals surface area contributed by atoms with Gasteiger partial charge in [0.1, 0.15) is 5.69 Å². The smallest absolute Gasteiger partial charge is 0.274 e. The van der Waals surface area contributed by atoms with E-state index < -0.39 is 0 Å². The van der Waals surface area contributed by atoms with Gasteiger partial charge in [-0.05, 0) is 29.8 Å². The summed E-state index contributed by atoms with van der Waals surface area (Å²) >= 11 is 0. The largest absolute Gasteiger partial charge is 0.335 e. The van der Waals surface area contributed by atoms with Crippen LogP contribution >= 0.6 is 0 Å². The fourth-order valence-electron chi connectivity index (χ4n) is 3.30. The van der Waals surface area contributed by atoms with Gasteiger partial charge in [-0.1, -0.05) is 24.3 Å². The fourth-order valence-corrected chi connectivity index (χ4v) is 3.30. The number of benzene rings is 1. The predicted molar refractivity (Wildman–Crippen MR) is 105 cm³/mol. The highest BCUT2D eigenvalue weighted by molar-refractivity contribution is 5.92. The van der Waals surface area contributed by atoms with Crippen molar-refractivity contribution in [3.8, 4) is 5.69 Å². The van der Waals surface area contributed by atoms with Crippen LogP contribution < -0.4 is 5.56 Å². The van der Waals surface area contributed by atoms with Crippen LogP contribution in [0, 0.1) is 0 Å². The summed E-state index contributed by atoms with van der Waals surface area (Å²) < 4.78 is 1.27.